The summed E-state index contributed by atoms with van der Waals surface area (Å²) in [5.41, 5.74) is 1.43. The predicted molar refractivity (Wildman–Crippen MR) is 121 cm³/mol. The number of nitrogens with zero attached hydrogens (tertiary/aromatic N) is 3. The van der Waals surface area contributed by atoms with Gasteiger partial charge in [-0.05, 0) is 37.7 Å². The fourth-order valence-electron chi connectivity index (χ4n) is 3.65. The number of para-hydroxylation sites is 2. The lowest BCUT2D eigenvalue weighted by atomic mass is 10.0. The third kappa shape index (κ3) is 5.26. The number of likely N-dealkylation sites (N-methyl/N-ethyl adjacent to an activating group) is 1. The highest BCUT2D eigenvalue weighted by Crippen LogP contribution is 2.33. The zero-order chi connectivity index (χ0) is 21.3. The van der Waals surface area contributed by atoms with Crippen molar-refractivity contribution in [3.8, 4) is 0 Å². The lowest BCUT2D eigenvalue weighted by molar-refractivity contribution is -0.127. The molecule has 4 rings (SSSR count). The van der Waals surface area contributed by atoms with Gasteiger partial charge >= 0.3 is 0 Å². The van der Waals surface area contributed by atoms with E-state index in [1.807, 2.05) is 60.7 Å². The predicted octanol–water partition coefficient (Wildman–Crippen LogP) is 3.31. The maximum absolute atomic E-state index is 12.9. The minimum atomic E-state index is -0.588. The van der Waals surface area contributed by atoms with Crippen LogP contribution in [0.5, 0.6) is 0 Å². The molecule has 2 saturated heterocycles. The molecule has 1 N–H and O–H groups in total. The molecule has 0 spiro atoms. The van der Waals surface area contributed by atoms with E-state index in [4.69, 9.17) is 0 Å². The molecule has 160 valence electrons. The van der Waals surface area contributed by atoms with E-state index in [-0.39, 0.29) is 11.8 Å². The Morgan fingerprint density at radius 1 is 0.833 bits per heavy atom. The molecule has 2 aliphatic heterocycles. The van der Waals surface area contributed by atoms with Crippen LogP contribution in [0.3, 0.4) is 0 Å². The summed E-state index contributed by atoms with van der Waals surface area (Å²) in [4.78, 5) is 28.1. The number of unbranched alkanes of at least 4 members (excludes halogenated alkanes) is 1. The second-order valence-electron chi connectivity index (χ2n) is 7.72. The van der Waals surface area contributed by atoms with E-state index >= 15 is 0 Å². The molecule has 2 heterocycles. The molecular weight excluding hydrogens is 376 g/mol. The van der Waals surface area contributed by atoms with Gasteiger partial charge in [0.2, 0.25) is 0 Å². The summed E-state index contributed by atoms with van der Waals surface area (Å²) < 4.78 is 0. The lowest BCUT2D eigenvalue weighted by Gasteiger charge is -2.27. The van der Waals surface area contributed by atoms with E-state index < -0.39 is 5.92 Å². The van der Waals surface area contributed by atoms with Crippen LogP contribution >= 0.6 is 0 Å². The molecule has 0 aromatic heterocycles. The maximum Gasteiger partial charge on any atom is 0.258 e. The Kier molecular flexibility index (Phi) is 7.99. The molecule has 0 unspecified atom stereocenters. The van der Waals surface area contributed by atoms with Gasteiger partial charge in [0.25, 0.3) is 11.8 Å². The molecule has 0 atom stereocenters. The number of rotatable bonds is 5. The first-order chi connectivity index (χ1) is 14.6. The number of hydrogen-bond acceptors (Lipinski definition) is 4. The van der Waals surface area contributed by atoms with E-state index in [9.17, 15) is 9.59 Å². The number of piperazine rings is 1. The summed E-state index contributed by atoms with van der Waals surface area (Å²) in [6.07, 6.45) is 2.43. The van der Waals surface area contributed by atoms with Crippen LogP contribution in [0.1, 0.15) is 26.2 Å². The molecule has 30 heavy (non-hydrogen) atoms. The number of amides is 2. The van der Waals surface area contributed by atoms with Gasteiger partial charge < -0.3 is 10.2 Å². The normalized spacial score (nSPS) is 17.8. The van der Waals surface area contributed by atoms with Crippen LogP contribution < -0.4 is 15.3 Å². The molecule has 2 aliphatic rings. The van der Waals surface area contributed by atoms with E-state index in [2.05, 4.69) is 24.2 Å². The number of anilines is 2. The molecular formula is C24H32N4O2. The molecule has 0 saturated carbocycles. The molecule has 2 amide bonds. The van der Waals surface area contributed by atoms with Crippen molar-refractivity contribution >= 4 is 23.2 Å². The largest absolute Gasteiger partial charge is 0.314 e. The van der Waals surface area contributed by atoms with Crippen LogP contribution in [0.4, 0.5) is 11.4 Å². The summed E-state index contributed by atoms with van der Waals surface area (Å²) in [7, 11) is 2.15. The minimum absolute atomic E-state index is 0.140. The summed E-state index contributed by atoms with van der Waals surface area (Å²) in [5.74, 6) is -0.868. The number of hydrazine groups is 1. The highest BCUT2D eigenvalue weighted by atomic mass is 16.2. The Hall–Kier alpha value is -2.70. The van der Waals surface area contributed by atoms with Crippen LogP contribution in [0.25, 0.3) is 0 Å². The highest BCUT2D eigenvalue weighted by Gasteiger charge is 2.46. The van der Waals surface area contributed by atoms with E-state index in [1.165, 1.54) is 23.1 Å². The SMILES string of the molecule is CCCCC1C(=O)N(c2ccccc2)N(c2ccccc2)C1=O.CN1CCNCC1. The van der Waals surface area contributed by atoms with Gasteiger partial charge in [0.05, 0.1) is 11.4 Å². The summed E-state index contributed by atoms with van der Waals surface area (Å²) in [6, 6.07) is 18.7. The zero-order valence-corrected chi connectivity index (χ0v) is 18.0. The average molecular weight is 409 g/mol. The maximum atomic E-state index is 12.9. The lowest BCUT2D eigenvalue weighted by Crippen LogP contribution is -2.41. The van der Waals surface area contributed by atoms with E-state index in [1.54, 1.807) is 0 Å². The molecule has 2 aromatic rings. The number of hydrogen-bond donors (Lipinski definition) is 1. The summed E-state index contributed by atoms with van der Waals surface area (Å²) in [5, 5.41) is 6.30. The summed E-state index contributed by atoms with van der Waals surface area (Å²) in [6.45, 7) is 6.81. The average Bonchev–Trinajstić information content (AvgIpc) is 3.04. The van der Waals surface area contributed by atoms with Crippen molar-refractivity contribution in [1.29, 1.82) is 0 Å². The molecule has 6 nitrogen and oxygen atoms in total. The fourth-order valence-corrected chi connectivity index (χ4v) is 3.65. The van der Waals surface area contributed by atoms with Gasteiger partial charge in [-0.15, -0.1) is 0 Å². The first kappa shape index (κ1) is 22.0. The van der Waals surface area contributed by atoms with Crippen LogP contribution in [-0.4, -0.2) is 49.9 Å². The van der Waals surface area contributed by atoms with Crippen molar-refractivity contribution in [2.24, 2.45) is 5.92 Å². The smallest absolute Gasteiger partial charge is 0.258 e. The standard InChI is InChI=1S/C19H20N2O2.C5H12N2/c1-2-3-14-17-18(22)20(15-10-6-4-7-11-15)21(19(17)23)16-12-8-5-9-13-16;1-7-4-2-6-3-5-7/h4-13,17H,2-3,14H2,1H3;6H,2-5H2,1H3. The van der Waals surface area contributed by atoms with Crippen LogP contribution in [0.15, 0.2) is 60.7 Å². The van der Waals surface area contributed by atoms with Crippen molar-refractivity contribution in [1.82, 2.24) is 10.2 Å². The van der Waals surface area contributed by atoms with Gasteiger partial charge in [0.1, 0.15) is 5.92 Å². The van der Waals surface area contributed by atoms with Gasteiger partial charge in [-0.1, -0.05) is 56.2 Å². The topological polar surface area (TPSA) is 55.9 Å². The van der Waals surface area contributed by atoms with E-state index in [0.717, 1.165) is 25.9 Å². The molecule has 0 aliphatic carbocycles. The third-order valence-corrected chi connectivity index (χ3v) is 5.40. The Bertz CT molecular complexity index is 749. The van der Waals surface area contributed by atoms with Crippen LogP contribution in [0, 0.1) is 5.92 Å². The van der Waals surface area contributed by atoms with Crippen LogP contribution in [-0.2, 0) is 9.59 Å². The first-order valence-electron chi connectivity index (χ1n) is 10.8. The Morgan fingerprint density at radius 2 is 1.30 bits per heavy atom. The van der Waals surface area contributed by atoms with Crippen molar-refractivity contribution in [3.63, 3.8) is 0 Å². The molecule has 2 aromatic carbocycles. The number of carbonyl (C=O) groups excluding carboxylic acids is 2. The fraction of sp³-hybridized carbons (Fsp3) is 0.417. The number of benzene rings is 2. The van der Waals surface area contributed by atoms with Gasteiger partial charge in [0, 0.05) is 26.2 Å². The zero-order valence-electron chi connectivity index (χ0n) is 18.0. The third-order valence-electron chi connectivity index (χ3n) is 5.40. The van der Waals surface area contributed by atoms with E-state index in [0.29, 0.717) is 17.8 Å². The quantitative estimate of drug-likeness (QED) is 0.772. The van der Waals surface area contributed by atoms with Gasteiger partial charge in [-0.25, -0.2) is 10.0 Å². The second kappa shape index (κ2) is 10.9. The number of carbonyl (C=O) groups is 2. The number of nitrogens with one attached hydrogen (secondary N) is 1. The van der Waals surface area contributed by atoms with Crippen molar-refractivity contribution in [3.05, 3.63) is 60.7 Å². The molecule has 6 heteroatoms. The Morgan fingerprint density at radius 3 is 1.67 bits per heavy atom. The molecule has 0 radical (unpaired) electrons. The highest BCUT2D eigenvalue weighted by molar-refractivity contribution is 6.22. The van der Waals surface area contributed by atoms with Crippen molar-refractivity contribution < 1.29 is 9.59 Å². The Labute approximate surface area is 179 Å². The first-order valence-corrected chi connectivity index (χ1v) is 10.8. The van der Waals surface area contributed by atoms with Gasteiger partial charge in [-0.2, -0.15) is 0 Å². The minimum Gasteiger partial charge on any atom is -0.314 e. The Balaban J connectivity index is 0.000000310. The summed E-state index contributed by atoms with van der Waals surface area (Å²) >= 11 is 0. The van der Waals surface area contributed by atoms with Gasteiger partial charge in [-0.3, -0.25) is 9.59 Å². The van der Waals surface area contributed by atoms with Crippen LogP contribution in [0.2, 0.25) is 0 Å². The second-order valence-corrected chi connectivity index (χ2v) is 7.72. The molecule has 0 bridgehead atoms. The van der Waals surface area contributed by atoms with Gasteiger partial charge in [0.15, 0.2) is 0 Å². The van der Waals surface area contributed by atoms with Crippen molar-refractivity contribution in [2.75, 3.05) is 43.2 Å². The molecule has 2 fully saturated rings. The van der Waals surface area contributed by atoms with Crippen molar-refractivity contribution in [2.45, 2.75) is 26.2 Å². The monoisotopic (exact) mass is 408 g/mol.